The minimum absolute atomic E-state index is 0.0147. The second-order valence-electron chi connectivity index (χ2n) is 8.87. The maximum atomic E-state index is 13.4. The molecule has 2 heterocycles. The smallest absolute Gasteiger partial charge is 0.254 e. The Labute approximate surface area is 210 Å². The summed E-state index contributed by atoms with van der Waals surface area (Å²) >= 11 is 1.34. The van der Waals surface area contributed by atoms with Gasteiger partial charge in [0.2, 0.25) is 5.91 Å². The largest absolute Gasteiger partial charge is 0.328 e. The number of aryl methyl sites for hydroxylation is 3. The lowest BCUT2D eigenvalue weighted by Crippen LogP contribution is -2.32. The van der Waals surface area contributed by atoms with Gasteiger partial charge in [-0.1, -0.05) is 48.2 Å². The molecule has 4 rings (SSSR count). The van der Waals surface area contributed by atoms with E-state index in [4.69, 9.17) is 0 Å². The van der Waals surface area contributed by atoms with Crippen LogP contribution in [-0.2, 0) is 11.3 Å². The van der Waals surface area contributed by atoms with Crippen molar-refractivity contribution in [1.29, 1.82) is 0 Å². The van der Waals surface area contributed by atoms with E-state index in [1.165, 1.54) is 11.8 Å². The van der Waals surface area contributed by atoms with Crippen LogP contribution in [0.4, 0.5) is 5.69 Å². The minimum atomic E-state index is -0.160. The first-order chi connectivity index (χ1) is 16.9. The minimum Gasteiger partial charge on any atom is -0.328 e. The number of nitrogens with one attached hydrogen (secondary N) is 1. The number of thioether (sulfide) groups is 1. The predicted molar refractivity (Wildman–Crippen MR) is 140 cm³/mol. The van der Waals surface area contributed by atoms with Gasteiger partial charge in [0, 0.05) is 24.3 Å². The second kappa shape index (κ2) is 10.9. The number of allylic oxidation sites excluding steroid dienone is 1. The van der Waals surface area contributed by atoms with Crippen molar-refractivity contribution in [3.63, 3.8) is 0 Å². The maximum Gasteiger partial charge on any atom is 0.254 e. The third-order valence-corrected chi connectivity index (χ3v) is 7.21. The van der Waals surface area contributed by atoms with E-state index in [0.717, 1.165) is 41.0 Å². The number of rotatable bonds is 8. The Hall–Kier alpha value is -3.39. The van der Waals surface area contributed by atoms with Crippen molar-refractivity contribution in [3.8, 4) is 0 Å². The summed E-state index contributed by atoms with van der Waals surface area (Å²) in [5.41, 5.74) is 4.61. The van der Waals surface area contributed by atoms with Crippen LogP contribution in [0.15, 0.2) is 60.3 Å². The van der Waals surface area contributed by atoms with Crippen molar-refractivity contribution in [2.45, 2.75) is 51.4 Å². The molecule has 7 nitrogen and oxygen atoms in total. The third kappa shape index (κ3) is 5.48. The van der Waals surface area contributed by atoms with Crippen LogP contribution < -0.4 is 5.32 Å². The zero-order valence-corrected chi connectivity index (χ0v) is 21.3. The van der Waals surface area contributed by atoms with Gasteiger partial charge in [0.1, 0.15) is 0 Å². The Morgan fingerprint density at radius 3 is 2.71 bits per heavy atom. The molecule has 3 aromatic rings. The number of nitrogens with zero attached hydrogens (tertiary/aromatic N) is 4. The van der Waals surface area contributed by atoms with Gasteiger partial charge in [0.25, 0.3) is 5.91 Å². The number of carbonyl (C=O) groups excluding carboxylic acids is 2. The molecule has 0 saturated carbocycles. The van der Waals surface area contributed by atoms with Crippen LogP contribution in [-0.4, -0.2) is 43.8 Å². The van der Waals surface area contributed by atoms with Crippen LogP contribution in [0, 0.1) is 20.8 Å². The summed E-state index contributed by atoms with van der Waals surface area (Å²) in [5.74, 6) is 0.859. The van der Waals surface area contributed by atoms with Crippen LogP contribution in [0.3, 0.4) is 0 Å². The maximum absolute atomic E-state index is 13.4. The zero-order valence-electron chi connectivity index (χ0n) is 20.5. The van der Waals surface area contributed by atoms with Crippen LogP contribution in [0.1, 0.15) is 51.8 Å². The average molecular weight is 490 g/mol. The predicted octanol–water partition coefficient (Wildman–Crippen LogP) is 5.10. The summed E-state index contributed by atoms with van der Waals surface area (Å²) < 4.78 is 1.97. The molecule has 0 aliphatic carbocycles. The Balaban J connectivity index is 1.50. The SMILES string of the molecule is C=CCn1c(SCC(=O)Nc2cc(C)ccc2C)nnc1C1CCCN1C(=O)c1ccccc1C. The molecule has 1 atom stereocenters. The third-order valence-electron chi connectivity index (χ3n) is 6.24. The Bertz CT molecular complexity index is 1250. The van der Waals surface area contributed by atoms with E-state index in [0.29, 0.717) is 23.8 Å². The molecule has 1 saturated heterocycles. The Kier molecular flexibility index (Phi) is 7.70. The molecule has 1 N–H and O–H groups in total. The molecule has 1 fully saturated rings. The number of aromatic nitrogens is 3. The fourth-order valence-corrected chi connectivity index (χ4v) is 5.14. The molecule has 182 valence electrons. The van der Waals surface area contributed by atoms with Gasteiger partial charge in [-0.2, -0.15) is 0 Å². The molecule has 1 unspecified atom stereocenters. The van der Waals surface area contributed by atoms with Crippen molar-refractivity contribution in [3.05, 3.63) is 83.2 Å². The summed E-state index contributed by atoms with van der Waals surface area (Å²) in [6.45, 7) is 11.0. The van der Waals surface area contributed by atoms with Gasteiger partial charge >= 0.3 is 0 Å². The number of likely N-dealkylation sites (tertiary alicyclic amines) is 1. The molecular formula is C27H31N5O2S. The summed E-state index contributed by atoms with van der Waals surface area (Å²) in [7, 11) is 0. The normalized spacial score (nSPS) is 15.3. The number of anilines is 1. The number of carbonyl (C=O) groups is 2. The number of benzene rings is 2. The molecule has 1 aliphatic heterocycles. The standard InChI is InChI=1S/C27H31N5O2S/c1-5-14-32-25(23-11-8-15-31(23)26(34)21-10-7-6-9-19(21)3)29-30-27(32)35-17-24(33)28-22-16-18(2)12-13-20(22)4/h5-7,9-10,12-13,16,23H,1,8,11,14-15,17H2,2-4H3,(H,28,33). The molecule has 1 aliphatic rings. The number of amides is 2. The van der Waals surface area contributed by atoms with E-state index >= 15 is 0 Å². The van der Waals surface area contributed by atoms with E-state index in [1.54, 1.807) is 6.08 Å². The highest BCUT2D eigenvalue weighted by Gasteiger charge is 2.35. The van der Waals surface area contributed by atoms with Gasteiger partial charge < -0.3 is 14.8 Å². The van der Waals surface area contributed by atoms with Gasteiger partial charge in [-0.15, -0.1) is 16.8 Å². The molecular weight excluding hydrogens is 458 g/mol. The first kappa shape index (κ1) is 24.7. The van der Waals surface area contributed by atoms with Crippen LogP contribution in [0.2, 0.25) is 0 Å². The second-order valence-corrected chi connectivity index (χ2v) is 9.81. The molecule has 0 spiro atoms. The van der Waals surface area contributed by atoms with Crippen molar-refractivity contribution in [2.75, 3.05) is 17.6 Å². The lowest BCUT2D eigenvalue weighted by atomic mass is 10.1. The van der Waals surface area contributed by atoms with Gasteiger partial charge in [-0.3, -0.25) is 9.59 Å². The molecule has 2 aromatic carbocycles. The van der Waals surface area contributed by atoms with Gasteiger partial charge in [-0.05, 0) is 62.4 Å². The highest BCUT2D eigenvalue weighted by molar-refractivity contribution is 7.99. The zero-order chi connectivity index (χ0) is 24.9. The van der Waals surface area contributed by atoms with Gasteiger partial charge in [-0.25, -0.2) is 0 Å². The molecule has 8 heteroatoms. The number of hydrogen-bond donors (Lipinski definition) is 1. The van der Waals surface area contributed by atoms with E-state index in [1.807, 2.05) is 72.7 Å². The average Bonchev–Trinajstić information content (AvgIpc) is 3.47. The first-order valence-corrected chi connectivity index (χ1v) is 12.8. The van der Waals surface area contributed by atoms with Crippen molar-refractivity contribution in [1.82, 2.24) is 19.7 Å². The van der Waals surface area contributed by atoms with Gasteiger partial charge in [0.05, 0.1) is 11.8 Å². The quantitative estimate of drug-likeness (QED) is 0.352. The van der Waals surface area contributed by atoms with Crippen LogP contribution in [0.5, 0.6) is 0 Å². The summed E-state index contributed by atoms with van der Waals surface area (Å²) in [5, 5.41) is 12.5. The summed E-state index contributed by atoms with van der Waals surface area (Å²) in [6, 6.07) is 13.5. The monoisotopic (exact) mass is 489 g/mol. The molecule has 2 amide bonds. The van der Waals surface area contributed by atoms with Crippen molar-refractivity contribution < 1.29 is 9.59 Å². The molecule has 0 bridgehead atoms. The molecule has 35 heavy (non-hydrogen) atoms. The number of hydrogen-bond acceptors (Lipinski definition) is 5. The van der Waals surface area contributed by atoms with Crippen molar-refractivity contribution >= 4 is 29.3 Å². The lowest BCUT2D eigenvalue weighted by molar-refractivity contribution is -0.113. The molecule has 0 radical (unpaired) electrons. The lowest BCUT2D eigenvalue weighted by Gasteiger charge is -2.25. The van der Waals surface area contributed by atoms with E-state index in [9.17, 15) is 9.59 Å². The fourth-order valence-electron chi connectivity index (χ4n) is 4.39. The van der Waals surface area contributed by atoms with E-state index in [2.05, 4.69) is 22.1 Å². The first-order valence-electron chi connectivity index (χ1n) is 11.8. The molecule has 1 aromatic heterocycles. The van der Waals surface area contributed by atoms with Crippen LogP contribution in [0.25, 0.3) is 0 Å². The summed E-state index contributed by atoms with van der Waals surface area (Å²) in [6.07, 6.45) is 3.52. The van der Waals surface area contributed by atoms with E-state index < -0.39 is 0 Å². The van der Waals surface area contributed by atoms with Crippen molar-refractivity contribution in [2.24, 2.45) is 0 Å². The Morgan fingerprint density at radius 2 is 1.94 bits per heavy atom. The van der Waals surface area contributed by atoms with Gasteiger partial charge in [0.15, 0.2) is 11.0 Å². The highest BCUT2D eigenvalue weighted by atomic mass is 32.2. The fraction of sp³-hybridized carbons (Fsp3) is 0.333. The summed E-state index contributed by atoms with van der Waals surface area (Å²) in [4.78, 5) is 27.9. The van der Waals surface area contributed by atoms with Crippen LogP contribution >= 0.6 is 11.8 Å². The highest BCUT2D eigenvalue weighted by Crippen LogP contribution is 2.34. The van der Waals surface area contributed by atoms with E-state index in [-0.39, 0.29) is 23.6 Å². The topological polar surface area (TPSA) is 80.1 Å². The Morgan fingerprint density at radius 1 is 1.14 bits per heavy atom.